The lowest BCUT2D eigenvalue weighted by Crippen LogP contribution is -2.35. The Morgan fingerprint density at radius 1 is 0.755 bits per heavy atom. The summed E-state index contributed by atoms with van der Waals surface area (Å²) < 4.78 is 53.2. The molecule has 0 aromatic rings. The van der Waals surface area contributed by atoms with Gasteiger partial charge in [-0.15, -0.1) is 0 Å². The van der Waals surface area contributed by atoms with Crippen LogP contribution in [0.5, 0.6) is 0 Å². The molecule has 15 heteroatoms. The Hall–Kier alpha value is -0.946. The summed E-state index contributed by atoms with van der Waals surface area (Å²) in [6.45, 7) is 37.1. The van der Waals surface area contributed by atoms with Gasteiger partial charge in [0.15, 0.2) is 21.4 Å². The smallest absolute Gasteiger partial charge is 0.308 e. The molecule has 0 aliphatic rings. The fourth-order valence-electron chi connectivity index (χ4n) is 3.33. The van der Waals surface area contributed by atoms with Crippen molar-refractivity contribution in [1.82, 2.24) is 0 Å². The summed E-state index contributed by atoms with van der Waals surface area (Å²) in [5.74, 6) is -0.456. The molecule has 0 rings (SSSR count). The van der Waals surface area contributed by atoms with Gasteiger partial charge in [-0.2, -0.15) is 4.40 Å². The standard InChI is InChI=1S/C17H35NO4SSi.C13H28O4Si.C4H10NOS/c1-16(2,3)21-15(19)13-14(22-24(7,8)9)11-10-12-18-23(20)17(4,5)6;1-13(2,3)16-12(14)10-11(8-9-15-4)17-18(5,6)7;1-4(2,3)7(5)6/h12,14H,10-11,13H2,1-9H3;11H,8-10H2,1-7H3;1,5H2,2-3H3/q;;+1/t14-,23+;11-;7-/m001/s1. The average Bonchev–Trinajstić information content (AvgIpc) is 2.80. The molecule has 0 radical (unpaired) electrons. The zero-order valence-electron chi connectivity index (χ0n) is 34.2. The molecule has 0 bridgehead atoms. The number of nitrogens with zero attached hydrogens (tertiary/aromatic N) is 1. The van der Waals surface area contributed by atoms with E-state index in [1.807, 2.05) is 62.3 Å². The molecule has 0 saturated heterocycles. The molecule has 292 valence electrons. The highest BCUT2D eigenvalue weighted by molar-refractivity contribution is 7.85. The lowest BCUT2D eigenvalue weighted by molar-refractivity contribution is -0.158. The highest BCUT2D eigenvalue weighted by atomic mass is 32.2. The second-order valence-corrected chi connectivity index (χ2v) is 29.9. The van der Waals surface area contributed by atoms with Gasteiger partial charge >= 0.3 is 11.9 Å². The first-order valence-corrected chi connectivity index (χ1v) is 26.0. The van der Waals surface area contributed by atoms with Crippen LogP contribution >= 0.6 is 0 Å². The molecule has 49 heavy (non-hydrogen) atoms. The van der Waals surface area contributed by atoms with Crippen LogP contribution in [0.3, 0.4) is 0 Å². The number of carbonyl (C=O) groups excluding carboxylic acids is 2. The molecule has 0 aliphatic carbocycles. The third-order valence-electron chi connectivity index (χ3n) is 5.17. The average molecular weight is 774 g/mol. The Bertz CT molecular complexity index is 1030. The number of ether oxygens (including phenoxy) is 3. The lowest BCUT2D eigenvalue weighted by atomic mass is 10.1. The Morgan fingerprint density at radius 3 is 1.37 bits per heavy atom. The fraction of sp³-hybridized carbons (Fsp3) is 0.882. The van der Waals surface area contributed by atoms with Crippen LogP contribution in [-0.2, 0) is 54.6 Å². The molecular formula is C34H73N2O9S2Si2+. The van der Waals surface area contributed by atoms with E-state index in [1.54, 1.807) is 27.2 Å². The molecule has 11 nitrogen and oxygen atoms in total. The maximum absolute atomic E-state index is 12.1. The van der Waals surface area contributed by atoms with E-state index >= 15 is 0 Å². The number of methoxy groups -OCH3 is 1. The summed E-state index contributed by atoms with van der Waals surface area (Å²) in [5.41, 5.74) is -0.937. The first-order valence-electron chi connectivity index (χ1n) is 16.8. The van der Waals surface area contributed by atoms with Crippen LogP contribution in [-0.4, -0.2) is 89.8 Å². The Balaban J connectivity index is -0.000000741. The van der Waals surface area contributed by atoms with Gasteiger partial charge in [0.1, 0.15) is 33.2 Å². The zero-order valence-corrected chi connectivity index (χ0v) is 37.8. The minimum atomic E-state index is -1.77. The van der Waals surface area contributed by atoms with Crippen molar-refractivity contribution >= 4 is 56.8 Å². The van der Waals surface area contributed by atoms with Gasteiger partial charge in [-0.25, -0.2) is 13.6 Å². The molecule has 0 aliphatic heterocycles. The van der Waals surface area contributed by atoms with E-state index in [9.17, 15) is 18.0 Å². The van der Waals surface area contributed by atoms with Crippen molar-refractivity contribution in [3.63, 3.8) is 0 Å². The van der Waals surface area contributed by atoms with Gasteiger partial charge in [0.05, 0.1) is 36.7 Å². The van der Waals surface area contributed by atoms with Crippen LogP contribution in [0, 0.1) is 6.92 Å². The molecule has 0 aromatic heterocycles. The van der Waals surface area contributed by atoms with Gasteiger partial charge in [0.25, 0.3) is 0 Å². The molecule has 0 aromatic carbocycles. The summed E-state index contributed by atoms with van der Waals surface area (Å²) in [6, 6.07) is 0. The fourth-order valence-corrected chi connectivity index (χ4v) is 6.29. The van der Waals surface area contributed by atoms with Crippen molar-refractivity contribution < 1.29 is 41.1 Å². The van der Waals surface area contributed by atoms with Crippen molar-refractivity contribution in [2.24, 2.45) is 9.54 Å². The van der Waals surface area contributed by atoms with Crippen molar-refractivity contribution in [3.8, 4) is 0 Å². The number of hydrogen-bond donors (Lipinski definition) is 1. The van der Waals surface area contributed by atoms with Crippen LogP contribution in [0.4, 0.5) is 0 Å². The number of hydrogen-bond acceptors (Lipinski definition) is 9. The first kappa shape index (κ1) is 52.4. The van der Waals surface area contributed by atoms with Crippen LogP contribution in [0.25, 0.3) is 0 Å². The SMILES string of the molecule is CC(C)(C)OC(=O)C[C@H](CCC=N[S@](=O)C(C)(C)C)O[Si](C)(C)C.COCC[C@@H](CC(=O)OC(C)(C)C)O[Si](C)(C)C.[CH2+]C(C)(C)[S@](N)=O. The topological polar surface area (TPSA) is 153 Å². The molecular weight excluding hydrogens is 701 g/mol. The summed E-state index contributed by atoms with van der Waals surface area (Å²) in [4.78, 5) is 23.8. The molecule has 4 atom stereocenters. The Labute approximate surface area is 307 Å². The third-order valence-corrected chi connectivity index (χ3v) is 9.73. The highest BCUT2D eigenvalue weighted by Gasteiger charge is 2.27. The van der Waals surface area contributed by atoms with Crippen molar-refractivity contribution in [1.29, 1.82) is 0 Å². The lowest BCUT2D eigenvalue weighted by Gasteiger charge is -2.27. The third kappa shape index (κ3) is 38.1. The highest BCUT2D eigenvalue weighted by Crippen LogP contribution is 2.19. The predicted molar refractivity (Wildman–Crippen MR) is 211 cm³/mol. The van der Waals surface area contributed by atoms with Gasteiger partial charge in [-0.1, -0.05) is 0 Å². The van der Waals surface area contributed by atoms with E-state index < -0.39 is 54.6 Å². The second-order valence-electron chi connectivity index (χ2n) is 17.4. The predicted octanol–water partition coefficient (Wildman–Crippen LogP) is 7.45. The monoisotopic (exact) mass is 773 g/mol. The summed E-state index contributed by atoms with van der Waals surface area (Å²) in [5, 5.41) is 4.98. The summed E-state index contributed by atoms with van der Waals surface area (Å²) in [6.07, 6.45) is 3.92. The number of nitrogens with two attached hydrogens (primary N) is 1. The molecule has 0 saturated carbocycles. The normalized spacial score (nSPS) is 15.6. The van der Waals surface area contributed by atoms with Crippen molar-refractivity contribution in [3.05, 3.63) is 6.92 Å². The van der Waals surface area contributed by atoms with Gasteiger partial charge < -0.3 is 23.1 Å². The van der Waals surface area contributed by atoms with Crippen LogP contribution in [0.15, 0.2) is 4.40 Å². The second kappa shape index (κ2) is 22.9. The summed E-state index contributed by atoms with van der Waals surface area (Å²) >= 11 is 0. The quantitative estimate of drug-likeness (QED) is 0.0730. The minimum absolute atomic E-state index is 0.105. The molecule has 0 spiro atoms. The van der Waals surface area contributed by atoms with E-state index in [1.165, 1.54) is 0 Å². The van der Waals surface area contributed by atoms with Gasteiger partial charge in [0, 0.05) is 19.9 Å². The molecule has 0 fully saturated rings. The van der Waals surface area contributed by atoms with Crippen LogP contribution in [0.1, 0.15) is 108 Å². The molecule has 2 N–H and O–H groups in total. The number of rotatable bonds is 16. The van der Waals surface area contributed by atoms with Crippen LogP contribution < -0.4 is 5.14 Å². The number of carbonyl (C=O) groups is 2. The largest absolute Gasteiger partial charge is 0.460 e. The molecule has 0 amide bonds. The van der Waals surface area contributed by atoms with E-state index in [2.05, 4.69) is 50.6 Å². The zero-order chi connectivity index (χ0) is 39.7. The van der Waals surface area contributed by atoms with E-state index in [-0.39, 0.29) is 35.3 Å². The van der Waals surface area contributed by atoms with E-state index in [0.717, 1.165) is 6.42 Å². The maximum Gasteiger partial charge on any atom is 0.308 e. The van der Waals surface area contributed by atoms with Gasteiger partial charge in [-0.05, 0) is 135 Å². The van der Waals surface area contributed by atoms with Crippen molar-refractivity contribution in [2.45, 2.75) is 180 Å². The maximum atomic E-state index is 12.1. The van der Waals surface area contributed by atoms with E-state index in [4.69, 9.17) is 28.2 Å². The minimum Gasteiger partial charge on any atom is -0.460 e. The Kier molecular flexibility index (Phi) is 24.5. The molecule has 0 heterocycles. The van der Waals surface area contributed by atoms with Crippen LogP contribution in [0.2, 0.25) is 39.3 Å². The number of esters is 2. The van der Waals surface area contributed by atoms with Crippen molar-refractivity contribution in [2.75, 3.05) is 13.7 Å². The first-order chi connectivity index (χ1) is 21.6. The van der Waals surface area contributed by atoms with E-state index in [0.29, 0.717) is 25.9 Å². The van der Waals surface area contributed by atoms with Gasteiger partial charge in [0.2, 0.25) is 0 Å². The molecule has 0 unspecified atom stereocenters. The van der Waals surface area contributed by atoms with Gasteiger partial charge in [-0.3, -0.25) is 9.59 Å². The summed E-state index contributed by atoms with van der Waals surface area (Å²) in [7, 11) is -4.32. The Morgan fingerprint density at radius 2 is 1.10 bits per heavy atom.